The molecule has 0 fully saturated rings. The molecule has 0 amide bonds. The van der Waals surface area contributed by atoms with Crippen LogP contribution in [0.15, 0.2) is 35.4 Å². The molecule has 3 nitrogen and oxygen atoms in total. The van der Waals surface area contributed by atoms with Crippen LogP contribution in [0.25, 0.3) is 10.9 Å². The van der Waals surface area contributed by atoms with E-state index in [2.05, 4.69) is 10.2 Å². The van der Waals surface area contributed by atoms with Crippen molar-refractivity contribution in [2.24, 2.45) is 0 Å². The normalized spacial score (nSPS) is 12.9. The molecule has 1 atom stereocenters. The lowest BCUT2D eigenvalue weighted by molar-refractivity contribution is 0.300. The van der Waals surface area contributed by atoms with E-state index in [1.165, 1.54) is 0 Å². The average Bonchev–Trinajstić information content (AvgIpc) is 2.29. The Bertz CT molecular complexity index is 456. The molecule has 0 radical (unpaired) electrons. The Labute approximate surface area is 92.5 Å². The highest BCUT2D eigenvalue weighted by atomic mass is 32.2. The van der Waals surface area contributed by atoms with Crippen LogP contribution in [0.3, 0.4) is 0 Å². The van der Waals surface area contributed by atoms with Gasteiger partial charge in [0.25, 0.3) is 0 Å². The van der Waals surface area contributed by atoms with Gasteiger partial charge < -0.3 is 5.11 Å². The van der Waals surface area contributed by atoms with Gasteiger partial charge in [-0.05, 0) is 6.07 Å². The minimum atomic E-state index is 0.168. The van der Waals surface area contributed by atoms with Gasteiger partial charge in [0.2, 0.25) is 0 Å². The third-order valence-corrected chi connectivity index (χ3v) is 3.23. The van der Waals surface area contributed by atoms with Crippen molar-refractivity contribution in [2.45, 2.75) is 17.1 Å². The highest BCUT2D eigenvalue weighted by molar-refractivity contribution is 8.00. The summed E-state index contributed by atoms with van der Waals surface area (Å²) < 4.78 is 0. The molecule has 0 aliphatic carbocycles. The van der Waals surface area contributed by atoms with Crippen molar-refractivity contribution >= 4 is 22.7 Å². The number of aromatic nitrogens is 2. The van der Waals surface area contributed by atoms with Gasteiger partial charge in [-0.15, -0.1) is 11.8 Å². The first kappa shape index (κ1) is 10.4. The first-order valence-corrected chi connectivity index (χ1v) is 5.67. The molecular weight excluding hydrogens is 208 g/mol. The maximum atomic E-state index is 9.01. The number of aliphatic hydroxyl groups is 1. The van der Waals surface area contributed by atoms with Gasteiger partial charge in [-0.1, -0.05) is 25.1 Å². The Morgan fingerprint density at radius 3 is 3.00 bits per heavy atom. The second kappa shape index (κ2) is 4.59. The monoisotopic (exact) mass is 220 g/mol. The van der Waals surface area contributed by atoms with Crippen LogP contribution in [-0.2, 0) is 0 Å². The minimum absolute atomic E-state index is 0.168. The Hall–Kier alpha value is -1.13. The fourth-order valence-electron chi connectivity index (χ4n) is 1.33. The standard InChI is InChI=1S/C11H12N2OS/c1-8(7-14)15-11-6-12-13-10-5-3-2-4-9(10)11/h2-6,8,14H,7H2,1H3. The smallest absolute Gasteiger partial charge is 0.0940 e. The van der Waals surface area contributed by atoms with Gasteiger partial charge in [0.1, 0.15) is 0 Å². The van der Waals surface area contributed by atoms with Crippen LogP contribution in [0.4, 0.5) is 0 Å². The fourth-order valence-corrected chi connectivity index (χ4v) is 2.25. The zero-order valence-corrected chi connectivity index (χ0v) is 9.24. The van der Waals surface area contributed by atoms with Gasteiger partial charge in [0.15, 0.2) is 0 Å². The van der Waals surface area contributed by atoms with Crippen LogP contribution in [0, 0.1) is 0 Å². The molecule has 4 heteroatoms. The number of hydrogen-bond acceptors (Lipinski definition) is 4. The van der Waals surface area contributed by atoms with Gasteiger partial charge >= 0.3 is 0 Å². The molecule has 0 aliphatic rings. The Morgan fingerprint density at radius 2 is 2.20 bits per heavy atom. The van der Waals surface area contributed by atoms with Gasteiger partial charge in [0.05, 0.1) is 18.3 Å². The molecule has 0 aliphatic heterocycles. The minimum Gasteiger partial charge on any atom is -0.395 e. The first-order valence-electron chi connectivity index (χ1n) is 4.79. The summed E-state index contributed by atoms with van der Waals surface area (Å²) in [5.74, 6) is 0. The second-order valence-electron chi connectivity index (χ2n) is 3.34. The Kier molecular flexibility index (Phi) is 3.18. The van der Waals surface area contributed by atoms with Crippen molar-refractivity contribution in [1.82, 2.24) is 10.2 Å². The number of fused-ring (bicyclic) bond motifs is 1. The van der Waals surface area contributed by atoms with E-state index in [-0.39, 0.29) is 11.9 Å². The molecule has 1 N–H and O–H groups in total. The summed E-state index contributed by atoms with van der Waals surface area (Å²) in [6, 6.07) is 7.89. The van der Waals surface area contributed by atoms with Crippen LogP contribution < -0.4 is 0 Å². The van der Waals surface area contributed by atoms with Crippen LogP contribution in [-0.4, -0.2) is 27.2 Å². The van der Waals surface area contributed by atoms with Crippen LogP contribution >= 0.6 is 11.8 Å². The summed E-state index contributed by atoms with van der Waals surface area (Å²) in [6.07, 6.45) is 1.75. The summed E-state index contributed by atoms with van der Waals surface area (Å²) in [6.45, 7) is 2.15. The maximum Gasteiger partial charge on any atom is 0.0940 e. The molecule has 1 heterocycles. The van der Waals surface area contributed by atoms with E-state index in [9.17, 15) is 0 Å². The molecule has 1 aromatic heterocycles. The molecule has 0 saturated heterocycles. The topological polar surface area (TPSA) is 46.0 Å². The number of aliphatic hydroxyl groups excluding tert-OH is 1. The van der Waals surface area contributed by atoms with Crippen LogP contribution in [0.5, 0.6) is 0 Å². The lowest BCUT2D eigenvalue weighted by atomic mass is 10.2. The summed E-state index contributed by atoms with van der Waals surface area (Å²) in [4.78, 5) is 1.07. The molecule has 0 saturated carbocycles. The summed E-state index contributed by atoms with van der Waals surface area (Å²) in [5, 5.41) is 18.3. The molecule has 1 aromatic carbocycles. The highest BCUT2D eigenvalue weighted by Gasteiger charge is 2.07. The van der Waals surface area contributed by atoms with Crippen molar-refractivity contribution in [3.8, 4) is 0 Å². The predicted molar refractivity (Wildman–Crippen MR) is 61.9 cm³/mol. The molecule has 15 heavy (non-hydrogen) atoms. The van der Waals surface area contributed by atoms with E-state index in [1.54, 1.807) is 18.0 Å². The van der Waals surface area contributed by atoms with E-state index in [4.69, 9.17) is 5.11 Å². The third-order valence-electron chi connectivity index (χ3n) is 2.10. The summed E-state index contributed by atoms with van der Waals surface area (Å²) in [7, 11) is 0. The third kappa shape index (κ3) is 2.27. The van der Waals surface area contributed by atoms with E-state index < -0.39 is 0 Å². The molecule has 0 spiro atoms. The SMILES string of the molecule is CC(CO)Sc1cnnc2ccccc12. The predicted octanol–water partition coefficient (Wildman–Crippen LogP) is 2.10. The van der Waals surface area contributed by atoms with Crippen molar-refractivity contribution in [3.05, 3.63) is 30.5 Å². The number of thioether (sulfide) groups is 1. The zero-order valence-electron chi connectivity index (χ0n) is 8.42. The largest absolute Gasteiger partial charge is 0.395 e. The van der Waals surface area contributed by atoms with E-state index in [1.807, 2.05) is 31.2 Å². The first-order chi connectivity index (χ1) is 7.31. The van der Waals surface area contributed by atoms with Crippen molar-refractivity contribution in [3.63, 3.8) is 0 Å². The van der Waals surface area contributed by atoms with Crippen molar-refractivity contribution in [2.75, 3.05) is 6.61 Å². The van der Waals surface area contributed by atoms with E-state index >= 15 is 0 Å². The number of hydrogen-bond donors (Lipinski definition) is 1. The number of benzene rings is 1. The summed E-state index contributed by atoms with van der Waals surface area (Å²) in [5.41, 5.74) is 0.896. The van der Waals surface area contributed by atoms with Crippen molar-refractivity contribution in [1.29, 1.82) is 0 Å². The molecule has 2 rings (SSSR count). The Balaban J connectivity index is 2.42. The lowest BCUT2D eigenvalue weighted by Gasteiger charge is -2.08. The average molecular weight is 220 g/mol. The van der Waals surface area contributed by atoms with Crippen molar-refractivity contribution < 1.29 is 5.11 Å². The lowest BCUT2D eigenvalue weighted by Crippen LogP contribution is -2.02. The molecule has 78 valence electrons. The number of nitrogens with zero attached hydrogens (tertiary/aromatic N) is 2. The van der Waals surface area contributed by atoms with E-state index in [0.29, 0.717) is 0 Å². The van der Waals surface area contributed by atoms with Gasteiger partial charge in [-0.3, -0.25) is 0 Å². The Morgan fingerprint density at radius 1 is 1.40 bits per heavy atom. The second-order valence-corrected chi connectivity index (χ2v) is 4.82. The quantitative estimate of drug-likeness (QED) is 0.805. The molecular formula is C11H12N2OS. The van der Waals surface area contributed by atoms with Crippen LogP contribution in [0.2, 0.25) is 0 Å². The molecule has 1 unspecified atom stereocenters. The fraction of sp³-hybridized carbons (Fsp3) is 0.273. The maximum absolute atomic E-state index is 9.01. The summed E-state index contributed by atoms with van der Waals surface area (Å²) >= 11 is 1.62. The molecule has 2 aromatic rings. The van der Waals surface area contributed by atoms with Gasteiger partial charge in [0, 0.05) is 15.5 Å². The number of rotatable bonds is 3. The van der Waals surface area contributed by atoms with Gasteiger partial charge in [-0.25, -0.2) is 0 Å². The van der Waals surface area contributed by atoms with Crippen LogP contribution in [0.1, 0.15) is 6.92 Å². The molecule has 0 bridgehead atoms. The zero-order chi connectivity index (χ0) is 10.7. The highest BCUT2D eigenvalue weighted by Crippen LogP contribution is 2.28. The van der Waals surface area contributed by atoms with Gasteiger partial charge in [-0.2, -0.15) is 10.2 Å². The van der Waals surface area contributed by atoms with E-state index in [0.717, 1.165) is 15.8 Å².